The molecule has 3 N–H and O–H groups in total. The van der Waals surface area contributed by atoms with Gasteiger partial charge in [-0.3, -0.25) is 4.79 Å². The van der Waals surface area contributed by atoms with Crippen LogP contribution in [0.25, 0.3) is 11.0 Å². The van der Waals surface area contributed by atoms with Crippen LogP contribution in [0.15, 0.2) is 18.2 Å². The number of nitrogens with one attached hydrogen (secondary N) is 2. The minimum Gasteiger partial charge on any atom is -0.475 e. The lowest BCUT2D eigenvalue weighted by molar-refractivity contribution is -0.116. The number of hydrogen-bond donors (Lipinski definition) is 3. The molecule has 0 spiro atoms. The number of hydrogen-bond acceptors (Lipinski definition) is 3. The topological polar surface area (TPSA) is 95.1 Å². The number of carboxylic acids is 1. The summed E-state index contributed by atoms with van der Waals surface area (Å²) in [6.07, 6.45) is 1.18. The predicted octanol–water partition coefficient (Wildman–Crippen LogP) is 2.00. The van der Waals surface area contributed by atoms with Gasteiger partial charge in [0.1, 0.15) is 5.52 Å². The summed E-state index contributed by atoms with van der Waals surface area (Å²) in [4.78, 5) is 29.0. The molecule has 1 heterocycles. The number of carbonyl (C=O) groups is 2. The van der Waals surface area contributed by atoms with Crippen molar-refractivity contribution in [3.05, 3.63) is 24.0 Å². The minimum atomic E-state index is -1.13. The van der Waals surface area contributed by atoms with Crippen LogP contribution in [-0.2, 0) is 4.79 Å². The van der Waals surface area contributed by atoms with Crippen LogP contribution in [0.2, 0.25) is 0 Å². The van der Waals surface area contributed by atoms with Gasteiger partial charge in [-0.2, -0.15) is 0 Å². The van der Waals surface area contributed by atoms with Gasteiger partial charge in [-0.25, -0.2) is 9.78 Å². The monoisotopic (exact) mass is 247 g/mol. The quantitative estimate of drug-likeness (QED) is 0.770. The Labute approximate surface area is 103 Å². The summed E-state index contributed by atoms with van der Waals surface area (Å²) in [7, 11) is 0. The van der Waals surface area contributed by atoms with Crippen LogP contribution in [0.3, 0.4) is 0 Å². The maximum Gasteiger partial charge on any atom is 0.371 e. The molecule has 2 rings (SSSR count). The number of carbonyl (C=O) groups excluding carboxylic acids is 1. The molecule has 0 saturated carbocycles. The number of para-hydroxylation sites is 1. The molecular formula is C12H13N3O3. The smallest absolute Gasteiger partial charge is 0.371 e. The number of nitrogens with zero attached hydrogens (tertiary/aromatic N) is 1. The van der Waals surface area contributed by atoms with Gasteiger partial charge in [-0.1, -0.05) is 13.0 Å². The molecule has 18 heavy (non-hydrogen) atoms. The zero-order valence-electron chi connectivity index (χ0n) is 9.86. The van der Waals surface area contributed by atoms with Crippen LogP contribution in [0.5, 0.6) is 0 Å². The summed E-state index contributed by atoms with van der Waals surface area (Å²) in [5, 5.41) is 11.6. The van der Waals surface area contributed by atoms with Gasteiger partial charge < -0.3 is 15.4 Å². The third kappa shape index (κ3) is 2.32. The first-order valence-corrected chi connectivity index (χ1v) is 5.63. The van der Waals surface area contributed by atoms with E-state index in [-0.39, 0.29) is 11.7 Å². The maximum atomic E-state index is 11.5. The average molecular weight is 247 g/mol. The highest BCUT2D eigenvalue weighted by Gasteiger charge is 2.13. The Balaban J connectivity index is 2.38. The van der Waals surface area contributed by atoms with Crippen molar-refractivity contribution in [1.29, 1.82) is 0 Å². The Morgan fingerprint density at radius 2 is 2.22 bits per heavy atom. The van der Waals surface area contributed by atoms with Crippen molar-refractivity contribution in [1.82, 2.24) is 9.97 Å². The second-order valence-electron chi connectivity index (χ2n) is 3.89. The SMILES string of the molecule is CCCC(=O)Nc1cccc2[nH]c(C(=O)O)nc12. The lowest BCUT2D eigenvalue weighted by atomic mass is 10.2. The Kier molecular flexibility index (Phi) is 3.27. The highest BCUT2D eigenvalue weighted by atomic mass is 16.4. The molecular weight excluding hydrogens is 234 g/mol. The Hall–Kier alpha value is -2.37. The highest BCUT2D eigenvalue weighted by molar-refractivity contribution is 6.01. The average Bonchev–Trinajstić information content (AvgIpc) is 2.74. The second kappa shape index (κ2) is 4.87. The fourth-order valence-electron chi connectivity index (χ4n) is 1.67. The van der Waals surface area contributed by atoms with Gasteiger partial charge in [0, 0.05) is 6.42 Å². The van der Waals surface area contributed by atoms with Crippen molar-refractivity contribution < 1.29 is 14.7 Å². The third-order valence-corrected chi connectivity index (χ3v) is 2.47. The molecule has 6 heteroatoms. The van der Waals surface area contributed by atoms with Crippen molar-refractivity contribution in [3.8, 4) is 0 Å². The van der Waals surface area contributed by atoms with Gasteiger partial charge >= 0.3 is 5.97 Å². The highest BCUT2D eigenvalue weighted by Crippen LogP contribution is 2.21. The van der Waals surface area contributed by atoms with Gasteiger partial charge in [0.15, 0.2) is 0 Å². The zero-order chi connectivity index (χ0) is 13.1. The summed E-state index contributed by atoms with van der Waals surface area (Å²) in [6.45, 7) is 1.91. The molecule has 1 aromatic carbocycles. The number of benzene rings is 1. The van der Waals surface area contributed by atoms with Crippen LogP contribution in [-0.4, -0.2) is 27.0 Å². The number of imidazole rings is 1. The summed E-state index contributed by atoms with van der Waals surface area (Å²) in [5.41, 5.74) is 1.57. The third-order valence-electron chi connectivity index (χ3n) is 2.47. The molecule has 0 atom stereocenters. The van der Waals surface area contributed by atoms with Crippen LogP contribution in [0.4, 0.5) is 5.69 Å². The van der Waals surface area contributed by atoms with E-state index < -0.39 is 5.97 Å². The number of rotatable bonds is 4. The fourth-order valence-corrected chi connectivity index (χ4v) is 1.67. The number of aromatic nitrogens is 2. The van der Waals surface area contributed by atoms with E-state index in [9.17, 15) is 9.59 Å². The van der Waals surface area contributed by atoms with Gasteiger partial charge in [0.25, 0.3) is 0 Å². The van der Waals surface area contributed by atoms with Crippen molar-refractivity contribution in [3.63, 3.8) is 0 Å². The Morgan fingerprint density at radius 3 is 2.89 bits per heavy atom. The maximum absolute atomic E-state index is 11.5. The molecule has 0 aliphatic carbocycles. The van der Waals surface area contributed by atoms with Crippen LogP contribution in [0, 0.1) is 0 Å². The molecule has 0 radical (unpaired) electrons. The fraction of sp³-hybridized carbons (Fsp3) is 0.250. The summed E-state index contributed by atoms with van der Waals surface area (Å²) in [5.74, 6) is -1.37. The number of anilines is 1. The first kappa shape index (κ1) is 12.1. The van der Waals surface area contributed by atoms with E-state index in [1.165, 1.54) is 0 Å². The largest absolute Gasteiger partial charge is 0.475 e. The van der Waals surface area contributed by atoms with Crippen LogP contribution >= 0.6 is 0 Å². The molecule has 2 aromatic rings. The number of amides is 1. The summed E-state index contributed by atoms with van der Waals surface area (Å²) >= 11 is 0. The molecule has 0 bridgehead atoms. The number of aromatic amines is 1. The van der Waals surface area contributed by atoms with Gasteiger partial charge in [-0.15, -0.1) is 0 Å². The number of H-pyrrole nitrogens is 1. The van der Waals surface area contributed by atoms with Crippen molar-refractivity contribution in [2.75, 3.05) is 5.32 Å². The number of aromatic carboxylic acids is 1. The van der Waals surface area contributed by atoms with Gasteiger partial charge in [0.2, 0.25) is 11.7 Å². The summed E-state index contributed by atoms with van der Waals surface area (Å²) in [6, 6.07) is 5.14. The van der Waals surface area contributed by atoms with E-state index in [0.29, 0.717) is 23.1 Å². The lowest BCUT2D eigenvalue weighted by Gasteiger charge is -2.04. The van der Waals surface area contributed by atoms with E-state index in [0.717, 1.165) is 6.42 Å². The normalized spacial score (nSPS) is 10.5. The molecule has 1 amide bonds. The predicted molar refractivity (Wildman–Crippen MR) is 66.6 cm³/mol. The van der Waals surface area contributed by atoms with Gasteiger partial charge in [-0.05, 0) is 18.6 Å². The number of carboxylic acid groups (broad SMARTS) is 1. The Morgan fingerprint density at radius 1 is 1.44 bits per heavy atom. The molecule has 0 saturated heterocycles. The summed E-state index contributed by atoms with van der Waals surface area (Å²) < 4.78 is 0. The molecule has 0 fully saturated rings. The van der Waals surface area contributed by atoms with Gasteiger partial charge in [0.05, 0.1) is 11.2 Å². The standard InChI is InChI=1S/C12H13N3O3/c1-2-4-9(16)13-7-5-3-6-8-10(7)15-11(14-8)12(17)18/h3,5-6H,2,4H2,1H3,(H,13,16)(H,14,15)(H,17,18). The van der Waals surface area contributed by atoms with Crippen molar-refractivity contribution in [2.24, 2.45) is 0 Å². The lowest BCUT2D eigenvalue weighted by Crippen LogP contribution is -2.10. The first-order valence-electron chi connectivity index (χ1n) is 5.63. The molecule has 0 aliphatic heterocycles. The number of fused-ring (bicyclic) bond motifs is 1. The van der Waals surface area contributed by atoms with E-state index >= 15 is 0 Å². The van der Waals surface area contributed by atoms with Crippen LogP contribution < -0.4 is 5.32 Å². The van der Waals surface area contributed by atoms with Crippen molar-refractivity contribution in [2.45, 2.75) is 19.8 Å². The first-order chi connectivity index (χ1) is 8.61. The molecule has 6 nitrogen and oxygen atoms in total. The zero-order valence-corrected chi connectivity index (χ0v) is 9.86. The molecule has 1 aromatic heterocycles. The molecule has 94 valence electrons. The molecule has 0 unspecified atom stereocenters. The van der Waals surface area contributed by atoms with E-state index in [1.54, 1.807) is 18.2 Å². The van der Waals surface area contributed by atoms with Crippen LogP contribution in [0.1, 0.15) is 30.4 Å². The van der Waals surface area contributed by atoms with E-state index in [1.807, 2.05) is 6.92 Å². The Bertz CT molecular complexity index is 604. The van der Waals surface area contributed by atoms with E-state index in [4.69, 9.17) is 5.11 Å². The van der Waals surface area contributed by atoms with E-state index in [2.05, 4.69) is 15.3 Å². The van der Waals surface area contributed by atoms with Crippen molar-refractivity contribution >= 4 is 28.6 Å². The second-order valence-corrected chi connectivity index (χ2v) is 3.89. The minimum absolute atomic E-state index is 0.107. The molecule has 0 aliphatic rings.